The zero-order chi connectivity index (χ0) is 13.4. The van der Waals surface area contributed by atoms with Crippen molar-refractivity contribution in [1.82, 2.24) is 20.2 Å². The lowest BCUT2D eigenvalue weighted by molar-refractivity contribution is 1.09. The third-order valence-electron chi connectivity index (χ3n) is 2.66. The summed E-state index contributed by atoms with van der Waals surface area (Å²) in [7, 11) is 0. The SMILES string of the molecule is Cc1ccc(Nc2nc(Cl)nc3[nH]ncc23)c(Cl)c1. The molecule has 0 atom stereocenters. The monoisotopic (exact) mass is 293 g/mol. The second kappa shape index (κ2) is 4.68. The molecule has 0 aliphatic carbocycles. The summed E-state index contributed by atoms with van der Waals surface area (Å²) in [6.45, 7) is 1.98. The molecule has 2 aromatic heterocycles. The summed E-state index contributed by atoms with van der Waals surface area (Å²) in [5.41, 5.74) is 2.42. The first-order valence-electron chi connectivity index (χ1n) is 5.53. The van der Waals surface area contributed by atoms with Crippen molar-refractivity contribution in [3.8, 4) is 0 Å². The van der Waals surface area contributed by atoms with Gasteiger partial charge in [-0.2, -0.15) is 15.1 Å². The molecule has 5 nitrogen and oxygen atoms in total. The van der Waals surface area contributed by atoms with Gasteiger partial charge in [-0.3, -0.25) is 5.10 Å². The summed E-state index contributed by atoms with van der Waals surface area (Å²) < 4.78 is 0. The van der Waals surface area contributed by atoms with E-state index in [-0.39, 0.29) is 5.28 Å². The van der Waals surface area contributed by atoms with Crippen LogP contribution < -0.4 is 5.32 Å². The number of aromatic amines is 1. The molecule has 96 valence electrons. The number of aromatic nitrogens is 4. The summed E-state index contributed by atoms with van der Waals surface area (Å²) >= 11 is 12.1. The average Bonchev–Trinajstić information content (AvgIpc) is 2.80. The van der Waals surface area contributed by atoms with Crippen LogP contribution in [0.1, 0.15) is 5.56 Å². The van der Waals surface area contributed by atoms with Crippen LogP contribution in [-0.4, -0.2) is 20.2 Å². The van der Waals surface area contributed by atoms with Gasteiger partial charge in [0.1, 0.15) is 5.82 Å². The highest BCUT2D eigenvalue weighted by Gasteiger charge is 2.10. The molecule has 3 rings (SSSR count). The molecule has 0 bridgehead atoms. The van der Waals surface area contributed by atoms with Crippen molar-refractivity contribution in [2.45, 2.75) is 6.92 Å². The van der Waals surface area contributed by atoms with Crippen LogP contribution in [0, 0.1) is 6.92 Å². The molecule has 0 aliphatic rings. The quantitative estimate of drug-likeness (QED) is 0.707. The fraction of sp³-hybridized carbons (Fsp3) is 0.0833. The van der Waals surface area contributed by atoms with Crippen LogP contribution in [0.15, 0.2) is 24.4 Å². The molecule has 0 saturated heterocycles. The summed E-state index contributed by atoms with van der Waals surface area (Å²) in [4.78, 5) is 8.19. The highest BCUT2D eigenvalue weighted by Crippen LogP contribution is 2.28. The Morgan fingerprint density at radius 3 is 2.84 bits per heavy atom. The van der Waals surface area contributed by atoms with Gasteiger partial charge in [0, 0.05) is 0 Å². The summed E-state index contributed by atoms with van der Waals surface area (Å²) in [5, 5.41) is 11.3. The number of halogens is 2. The van der Waals surface area contributed by atoms with Crippen LogP contribution in [0.3, 0.4) is 0 Å². The highest BCUT2D eigenvalue weighted by molar-refractivity contribution is 6.33. The third-order valence-corrected chi connectivity index (χ3v) is 3.14. The normalized spacial score (nSPS) is 10.9. The Hall–Kier alpha value is -1.85. The Morgan fingerprint density at radius 1 is 1.21 bits per heavy atom. The average molecular weight is 294 g/mol. The van der Waals surface area contributed by atoms with Gasteiger partial charge >= 0.3 is 0 Å². The largest absolute Gasteiger partial charge is 0.338 e. The Bertz CT molecular complexity index is 753. The first-order valence-corrected chi connectivity index (χ1v) is 6.29. The van der Waals surface area contributed by atoms with E-state index in [1.54, 1.807) is 6.20 Å². The van der Waals surface area contributed by atoms with Crippen molar-refractivity contribution in [2.24, 2.45) is 0 Å². The Balaban J connectivity index is 2.07. The maximum absolute atomic E-state index is 6.18. The fourth-order valence-corrected chi connectivity index (χ4v) is 2.20. The standard InChI is InChI=1S/C12H9Cl2N5/c1-6-2-3-9(8(13)4-6)16-10-7-5-15-19-11(7)18-12(14)17-10/h2-5H,1H3,(H2,15,16,17,18,19). The number of fused-ring (bicyclic) bond motifs is 1. The van der Waals surface area contributed by atoms with Gasteiger partial charge in [0.15, 0.2) is 5.65 Å². The Labute approximate surface area is 119 Å². The van der Waals surface area contributed by atoms with Gasteiger partial charge in [0.25, 0.3) is 0 Å². The number of rotatable bonds is 2. The Kier molecular flexibility index (Phi) is 3.00. The number of hydrogen-bond acceptors (Lipinski definition) is 4. The molecule has 7 heteroatoms. The maximum atomic E-state index is 6.18. The topological polar surface area (TPSA) is 66.5 Å². The van der Waals surface area contributed by atoms with E-state index < -0.39 is 0 Å². The zero-order valence-corrected chi connectivity index (χ0v) is 11.4. The molecular weight excluding hydrogens is 285 g/mol. The van der Waals surface area contributed by atoms with Crippen LogP contribution in [0.2, 0.25) is 10.3 Å². The van der Waals surface area contributed by atoms with Crippen molar-refractivity contribution < 1.29 is 0 Å². The van der Waals surface area contributed by atoms with Gasteiger partial charge in [-0.25, -0.2) is 0 Å². The number of aryl methyl sites for hydroxylation is 1. The van der Waals surface area contributed by atoms with Crippen LogP contribution >= 0.6 is 23.2 Å². The molecule has 0 radical (unpaired) electrons. The molecule has 0 saturated carbocycles. The van der Waals surface area contributed by atoms with Crippen LogP contribution in [0.4, 0.5) is 11.5 Å². The third kappa shape index (κ3) is 2.34. The molecule has 2 N–H and O–H groups in total. The van der Waals surface area contributed by atoms with E-state index in [0.717, 1.165) is 16.6 Å². The van der Waals surface area contributed by atoms with Crippen molar-refractivity contribution in [2.75, 3.05) is 5.32 Å². The van der Waals surface area contributed by atoms with Gasteiger partial charge in [0.05, 0.1) is 22.3 Å². The van der Waals surface area contributed by atoms with Gasteiger partial charge in [-0.1, -0.05) is 17.7 Å². The fourth-order valence-electron chi connectivity index (χ4n) is 1.75. The molecule has 2 heterocycles. The molecule has 19 heavy (non-hydrogen) atoms. The predicted octanol–water partition coefficient (Wildman–Crippen LogP) is 3.71. The van der Waals surface area contributed by atoms with Crippen molar-refractivity contribution in [1.29, 1.82) is 0 Å². The van der Waals surface area contributed by atoms with Gasteiger partial charge in [-0.05, 0) is 36.2 Å². The first kappa shape index (κ1) is 12.2. The number of benzene rings is 1. The van der Waals surface area contributed by atoms with Crippen LogP contribution in [-0.2, 0) is 0 Å². The summed E-state index contributed by atoms with van der Waals surface area (Å²) in [6, 6.07) is 5.72. The van der Waals surface area contributed by atoms with E-state index in [0.29, 0.717) is 16.5 Å². The van der Waals surface area contributed by atoms with Crippen molar-refractivity contribution >= 4 is 45.7 Å². The minimum absolute atomic E-state index is 0.141. The van der Waals surface area contributed by atoms with Gasteiger partial charge in [0.2, 0.25) is 5.28 Å². The first-order chi connectivity index (χ1) is 9.13. The Morgan fingerprint density at radius 2 is 2.05 bits per heavy atom. The van der Waals surface area contributed by atoms with E-state index in [1.165, 1.54) is 0 Å². The maximum Gasteiger partial charge on any atom is 0.226 e. The molecule has 0 spiro atoms. The zero-order valence-electron chi connectivity index (χ0n) is 9.91. The van der Waals surface area contributed by atoms with E-state index >= 15 is 0 Å². The van der Waals surface area contributed by atoms with Crippen molar-refractivity contribution in [3.63, 3.8) is 0 Å². The molecule has 0 amide bonds. The van der Waals surface area contributed by atoms with Crippen LogP contribution in [0.5, 0.6) is 0 Å². The molecule has 3 aromatic rings. The second-order valence-corrected chi connectivity index (χ2v) is 4.83. The van der Waals surface area contributed by atoms with E-state index in [9.17, 15) is 0 Å². The molecule has 1 aromatic carbocycles. The highest BCUT2D eigenvalue weighted by atomic mass is 35.5. The van der Waals surface area contributed by atoms with Gasteiger partial charge in [-0.15, -0.1) is 0 Å². The van der Waals surface area contributed by atoms with E-state index in [2.05, 4.69) is 25.5 Å². The number of H-pyrrole nitrogens is 1. The smallest absolute Gasteiger partial charge is 0.226 e. The lowest BCUT2D eigenvalue weighted by atomic mass is 10.2. The second-order valence-electron chi connectivity index (χ2n) is 4.08. The molecular formula is C12H9Cl2N5. The van der Waals surface area contributed by atoms with Crippen molar-refractivity contribution in [3.05, 3.63) is 40.3 Å². The number of nitrogens with zero attached hydrogens (tertiary/aromatic N) is 3. The predicted molar refractivity (Wildman–Crippen MR) is 76.2 cm³/mol. The lowest BCUT2D eigenvalue weighted by Gasteiger charge is -2.09. The summed E-state index contributed by atoms with van der Waals surface area (Å²) in [5.74, 6) is 0.564. The lowest BCUT2D eigenvalue weighted by Crippen LogP contribution is -1.97. The number of anilines is 2. The number of nitrogens with one attached hydrogen (secondary N) is 2. The minimum atomic E-state index is 0.141. The van der Waals surface area contributed by atoms with E-state index in [4.69, 9.17) is 23.2 Å². The number of hydrogen-bond donors (Lipinski definition) is 2. The molecule has 0 aliphatic heterocycles. The van der Waals surface area contributed by atoms with Crippen LogP contribution in [0.25, 0.3) is 11.0 Å². The molecule has 0 unspecified atom stereocenters. The summed E-state index contributed by atoms with van der Waals surface area (Å²) in [6.07, 6.45) is 1.64. The van der Waals surface area contributed by atoms with E-state index in [1.807, 2.05) is 25.1 Å². The van der Waals surface area contributed by atoms with Gasteiger partial charge < -0.3 is 5.32 Å². The minimum Gasteiger partial charge on any atom is -0.338 e. The molecule has 0 fully saturated rings.